The second-order valence-corrected chi connectivity index (χ2v) is 6.66. The summed E-state index contributed by atoms with van der Waals surface area (Å²) in [4.78, 5) is 19.3. The van der Waals surface area contributed by atoms with Crippen molar-refractivity contribution >= 4 is 5.91 Å². The molecular formula is C18H21N3O3. The van der Waals surface area contributed by atoms with Gasteiger partial charge < -0.3 is 14.5 Å². The van der Waals surface area contributed by atoms with Gasteiger partial charge in [0.15, 0.2) is 0 Å². The van der Waals surface area contributed by atoms with Crippen LogP contribution in [0.15, 0.2) is 47.3 Å². The fourth-order valence-corrected chi connectivity index (χ4v) is 3.77. The normalized spacial score (nSPS) is 26.4. The van der Waals surface area contributed by atoms with Crippen molar-refractivity contribution in [2.75, 3.05) is 26.3 Å². The number of carbonyl (C=O) groups excluding carboxylic acids is 1. The van der Waals surface area contributed by atoms with Gasteiger partial charge in [-0.25, -0.2) is 0 Å². The molecule has 6 nitrogen and oxygen atoms in total. The van der Waals surface area contributed by atoms with Crippen molar-refractivity contribution in [3.05, 3.63) is 54.2 Å². The van der Waals surface area contributed by atoms with Gasteiger partial charge >= 0.3 is 0 Å². The van der Waals surface area contributed by atoms with Gasteiger partial charge in [0.1, 0.15) is 5.76 Å². The lowest BCUT2D eigenvalue weighted by atomic mass is 9.80. The topological polar surface area (TPSA) is 67.6 Å². The van der Waals surface area contributed by atoms with Gasteiger partial charge in [-0.3, -0.25) is 14.7 Å². The number of likely N-dealkylation sites (tertiary alicyclic amines) is 1. The maximum absolute atomic E-state index is 12.9. The lowest BCUT2D eigenvalue weighted by Gasteiger charge is -2.26. The molecule has 4 heterocycles. The van der Waals surface area contributed by atoms with Crippen LogP contribution in [0.5, 0.6) is 0 Å². The molecule has 0 saturated carbocycles. The predicted octanol–water partition coefficient (Wildman–Crippen LogP) is 1.44. The van der Waals surface area contributed by atoms with Gasteiger partial charge in [0.2, 0.25) is 5.91 Å². The van der Waals surface area contributed by atoms with E-state index in [0.29, 0.717) is 26.3 Å². The van der Waals surface area contributed by atoms with Gasteiger partial charge in [-0.05, 0) is 23.8 Å². The standard InChI is InChI=1S/C18H21N3O3/c22-17(20-8-14-3-1-5-19-7-14)18-12-21(9-15(18)11-23-13-18)10-16-4-2-6-24-16/h1-7,15H,8-13H2,(H,20,22)/t15-,18-/m0/s1. The van der Waals surface area contributed by atoms with Crippen LogP contribution in [0.1, 0.15) is 11.3 Å². The minimum Gasteiger partial charge on any atom is -0.468 e. The highest BCUT2D eigenvalue weighted by atomic mass is 16.5. The smallest absolute Gasteiger partial charge is 0.230 e. The van der Waals surface area contributed by atoms with Crippen LogP contribution in [0.2, 0.25) is 0 Å². The van der Waals surface area contributed by atoms with E-state index >= 15 is 0 Å². The van der Waals surface area contributed by atoms with Crippen molar-refractivity contribution < 1.29 is 13.9 Å². The first-order chi connectivity index (χ1) is 11.8. The second kappa shape index (κ2) is 6.37. The number of pyridine rings is 1. The lowest BCUT2D eigenvalue weighted by molar-refractivity contribution is -0.131. The van der Waals surface area contributed by atoms with Crippen molar-refractivity contribution in [3.63, 3.8) is 0 Å². The fraction of sp³-hybridized carbons (Fsp3) is 0.444. The summed E-state index contributed by atoms with van der Waals surface area (Å²) in [6.45, 7) is 3.94. The summed E-state index contributed by atoms with van der Waals surface area (Å²) in [7, 11) is 0. The molecule has 0 aliphatic carbocycles. The maximum Gasteiger partial charge on any atom is 0.230 e. The zero-order valence-corrected chi connectivity index (χ0v) is 13.5. The average Bonchev–Trinajstić information content (AvgIpc) is 3.30. The third kappa shape index (κ3) is 2.83. The van der Waals surface area contributed by atoms with E-state index < -0.39 is 5.41 Å². The number of rotatable bonds is 5. The van der Waals surface area contributed by atoms with Crippen LogP contribution in [0.3, 0.4) is 0 Å². The Balaban J connectivity index is 1.42. The first-order valence-electron chi connectivity index (χ1n) is 8.26. The fourth-order valence-electron chi connectivity index (χ4n) is 3.77. The molecule has 126 valence electrons. The summed E-state index contributed by atoms with van der Waals surface area (Å²) < 4.78 is 11.1. The zero-order chi connectivity index (χ0) is 16.4. The van der Waals surface area contributed by atoms with Crippen molar-refractivity contribution in [1.82, 2.24) is 15.2 Å². The lowest BCUT2D eigenvalue weighted by Crippen LogP contribution is -2.46. The van der Waals surface area contributed by atoms with Crippen molar-refractivity contribution in [3.8, 4) is 0 Å². The SMILES string of the molecule is O=C(NCc1cccnc1)[C@@]12COC[C@@H]1CN(Cc1ccco1)C2. The Morgan fingerprint density at radius 1 is 1.42 bits per heavy atom. The van der Waals surface area contributed by atoms with E-state index in [0.717, 1.165) is 24.4 Å². The summed E-state index contributed by atoms with van der Waals surface area (Å²) >= 11 is 0. The highest BCUT2D eigenvalue weighted by molar-refractivity contribution is 5.84. The molecule has 2 aromatic heterocycles. The van der Waals surface area contributed by atoms with Crippen LogP contribution in [0, 0.1) is 11.3 Å². The summed E-state index contributed by atoms with van der Waals surface area (Å²) in [5.74, 6) is 1.25. The van der Waals surface area contributed by atoms with Crippen LogP contribution in [-0.2, 0) is 22.6 Å². The van der Waals surface area contributed by atoms with E-state index in [9.17, 15) is 4.79 Å². The van der Waals surface area contributed by atoms with Gasteiger partial charge in [-0.2, -0.15) is 0 Å². The van der Waals surface area contributed by atoms with Gasteiger partial charge in [-0.1, -0.05) is 6.07 Å². The molecule has 2 aromatic rings. The molecule has 1 N–H and O–H groups in total. The number of hydrogen-bond donors (Lipinski definition) is 1. The molecule has 6 heteroatoms. The number of hydrogen-bond acceptors (Lipinski definition) is 5. The monoisotopic (exact) mass is 327 g/mol. The quantitative estimate of drug-likeness (QED) is 0.900. The number of nitrogens with zero attached hydrogens (tertiary/aromatic N) is 2. The molecule has 0 spiro atoms. The van der Waals surface area contributed by atoms with E-state index in [1.165, 1.54) is 0 Å². The highest BCUT2D eigenvalue weighted by Crippen LogP contribution is 2.42. The van der Waals surface area contributed by atoms with Crippen LogP contribution in [0.25, 0.3) is 0 Å². The Bertz CT molecular complexity index is 689. The molecule has 0 radical (unpaired) electrons. The Hall–Kier alpha value is -2.18. The molecule has 2 aliphatic heterocycles. The number of nitrogens with one attached hydrogen (secondary N) is 1. The van der Waals surface area contributed by atoms with Crippen molar-refractivity contribution in [2.24, 2.45) is 11.3 Å². The van der Waals surface area contributed by atoms with E-state index in [-0.39, 0.29) is 11.8 Å². The van der Waals surface area contributed by atoms with Crippen LogP contribution in [-0.4, -0.2) is 42.1 Å². The molecule has 1 amide bonds. The number of furan rings is 1. The van der Waals surface area contributed by atoms with Crippen LogP contribution < -0.4 is 5.32 Å². The largest absolute Gasteiger partial charge is 0.468 e. The summed E-state index contributed by atoms with van der Waals surface area (Å²) in [6.07, 6.45) is 5.19. The van der Waals surface area contributed by atoms with Gasteiger partial charge in [0.05, 0.1) is 31.4 Å². The summed E-state index contributed by atoms with van der Waals surface area (Å²) in [6, 6.07) is 7.71. The van der Waals surface area contributed by atoms with E-state index in [1.54, 1.807) is 18.7 Å². The minimum absolute atomic E-state index is 0.0794. The molecule has 2 saturated heterocycles. The second-order valence-electron chi connectivity index (χ2n) is 6.66. The third-order valence-corrected chi connectivity index (χ3v) is 5.03. The Labute approximate surface area is 140 Å². The molecule has 0 bridgehead atoms. The molecule has 2 fully saturated rings. The minimum atomic E-state index is -0.450. The van der Waals surface area contributed by atoms with Crippen LogP contribution >= 0.6 is 0 Å². The van der Waals surface area contributed by atoms with Gasteiger partial charge in [-0.15, -0.1) is 0 Å². The van der Waals surface area contributed by atoms with E-state index in [4.69, 9.17) is 9.15 Å². The number of carbonyl (C=O) groups is 1. The van der Waals surface area contributed by atoms with Gasteiger partial charge in [0, 0.05) is 37.9 Å². The number of fused-ring (bicyclic) bond motifs is 1. The van der Waals surface area contributed by atoms with E-state index in [2.05, 4.69) is 15.2 Å². The van der Waals surface area contributed by atoms with Crippen molar-refractivity contribution in [2.45, 2.75) is 13.1 Å². The van der Waals surface area contributed by atoms with Crippen molar-refractivity contribution in [1.29, 1.82) is 0 Å². The van der Waals surface area contributed by atoms with Gasteiger partial charge in [0.25, 0.3) is 0 Å². The molecule has 2 atom stereocenters. The molecule has 2 aliphatic rings. The van der Waals surface area contributed by atoms with Crippen LogP contribution in [0.4, 0.5) is 0 Å². The number of amides is 1. The Morgan fingerprint density at radius 3 is 3.17 bits per heavy atom. The Kier molecular flexibility index (Phi) is 4.08. The Morgan fingerprint density at radius 2 is 2.38 bits per heavy atom. The molecule has 4 rings (SSSR count). The molecule has 0 unspecified atom stereocenters. The highest BCUT2D eigenvalue weighted by Gasteiger charge is 2.55. The maximum atomic E-state index is 12.9. The predicted molar refractivity (Wildman–Crippen MR) is 86.8 cm³/mol. The first kappa shape index (κ1) is 15.4. The summed E-state index contributed by atoms with van der Waals surface area (Å²) in [5, 5.41) is 3.07. The number of ether oxygens (including phenoxy) is 1. The average molecular weight is 327 g/mol. The molecular weight excluding hydrogens is 306 g/mol. The zero-order valence-electron chi connectivity index (χ0n) is 13.5. The molecule has 0 aromatic carbocycles. The summed E-state index contributed by atoms with van der Waals surface area (Å²) in [5.41, 5.74) is 0.553. The third-order valence-electron chi connectivity index (χ3n) is 5.03. The van der Waals surface area contributed by atoms with E-state index in [1.807, 2.05) is 24.3 Å². The first-order valence-corrected chi connectivity index (χ1v) is 8.26. The molecule has 24 heavy (non-hydrogen) atoms. The number of aromatic nitrogens is 1.